The second-order valence-corrected chi connectivity index (χ2v) is 4.74. The molecule has 3 N–H and O–H groups in total. The summed E-state index contributed by atoms with van der Waals surface area (Å²) in [7, 11) is 1.48. The Balaban J connectivity index is 3.06. The van der Waals surface area contributed by atoms with E-state index in [0.29, 0.717) is 22.2 Å². The maximum atomic E-state index is 13.7. The van der Waals surface area contributed by atoms with Gasteiger partial charge in [-0.25, -0.2) is 4.39 Å². The van der Waals surface area contributed by atoms with E-state index in [-0.39, 0.29) is 11.4 Å². The van der Waals surface area contributed by atoms with Gasteiger partial charge >= 0.3 is 6.18 Å². The molecule has 0 aromatic heterocycles. The van der Waals surface area contributed by atoms with E-state index in [0.717, 1.165) is 6.07 Å². The molecule has 0 aliphatic heterocycles. The zero-order valence-corrected chi connectivity index (χ0v) is 11.1. The van der Waals surface area contributed by atoms with Gasteiger partial charge in [0.05, 0.1) is 11.3 Å². The first-order valence-corrected chi connectivity index (χ1v) is 6.23. The first-order valence-electron chi connectivity index (χ1n) is 5.24. The summed E-state index contributed by atoms with van der Waals surface area (Å²) in [6.45, 7) is 1.54. The molecule has 0 atom stereocenters. The van der Waals surface area contributed by atoms with Crippen molar-refractivity contribution in [2.24, 2.45) is 10.8 Å². The Bertz CT molecular complexity index is 486. The van der Waals surface area contributed by atoms with E-state index in [9.17, 15) is 17.6 Å². The minimum absolute atomic E-state index is 0.0235. The second-order valence-electron chi connectivity index (χ2n) is 3.72. The number of nitrogens with one attached hydrogen (secondary N) is 1. The van der Waals surface area contributed by atoms with E-state index < -0.39 is 17.7 Å². The molecule has 0 unspecified atom stereocenters. The molecule has 8 heteroatoms. The number of thioether (sulfide) groups is 1. The zero-order valence-electron chi connectivity index (χ0n) is 10.3. The number of hydrazone groups is 1. The lowest BCUT2D eigenvalue weighted by Gasteiger charge is -2.11. The summed E-state index contributed by atoms with van der Waals surface area (Å²) in [4.78, 5) is 0.322. The maximum Gasteiger partial charge on any atom is 0.398 e. The van der Waals surface area contributed by atoms with E-state index in [4.69, 9.17) is 5.73 Å². The molecule has 1 aromatic rings. The van der Waals surface area contributed by atoms with Crippen LogP contribution in [0.4, 0.5) is 17.6 Å². The Morgan fingerprint density at radius 3 is 2.58 bits per heavy atom. The Morgan fingerprint density at radius 2 is 2.05 bits per heavy atom. The number of hydrogen-bond donors (Lipinski definition) is 2. The molecule has 106 valence electrons. The SMILES string of the molecule is CN/N=C(\N)c1cc(SCC(F)(F)F)c(C)cc1F. The van der Waals surface area contributed by atoms with E-state index in [1.807, 2.05) is 0 Å². The molecule has 1 aromatic carbocycles. The molecular formula is C11H13F4N3S. The van der Waals surface area contributed by atoms with Crippen LogP contribution in [0.3, 0.4) is 0 Å². The van der Waals surface area contributed by atoms with Crippen LogP contribution in [0.2, 0.25) is 0 Å². The number of halogens is 4. The molecule has 0 radical (unpaired) electrons. The van der Waals surface area contributed by atoms with Gasteiger partial charge in [0.15, 0.2) is 5.84 Å². The highest BCUT2D eigenvalue weighted by molar-refractivity contribution is 7.99. The molecule has 0 aliphatic rings. The van der Waals surface area contributed by atoms with Crippen molar-refractivity contribution in [2.75, 3.05) is 12.8 Å². The van der Waals surface area contributed by atoms with Crippen molar-refractivity contribution in [3.8, 4) is 0 Å². The van der Waals surface area contributed by atoms with Crippen LogP contribution < -0.4 is 11.2 Å². The monoisotopic (exact) mass is 295 g/mol. The van der Waals surface area contributed by atoms with Gasteiger partial charge in [0.1, 0.15) is 5.82 Å². The Hall–Kier alpha value is -1.44. The first kappa shape index (κ1) is 15.6. The Labute approximate surface area is 112 Å². The highest BCUT2D eigenvalue weighted by Crippen LogP contribution is 2.30. The van der Waals surface area contributed by atoms with Gasteiger partial charge in [-0.2, -0.15) is 18.3 Å². The van der Waals surface area contributed by atoms with Crippen LogP contribution >= 0.6 is 11.8 Å². The Kier molecular flexibility index (Phi) is 5.04. The van der Waals surface area contributed by atoms with Gasteiger partial charge in [0.25, 0.3) is 0 Å². The topological polar surface area (TPSA) is 50.4 Å². The van der Waals surface area contributed by atoms with Crippen molar-refractivity contribution in [1.29, 1.82) is 0 Å². The van der Waals surface area contributed by atoms with Gasteiger partial charge < -0.3 is 11.2 Å². The highest BCUT2D eigenvalue weighted by atomic mass is 32.2. The molecule has 0 amide bonds. The summed E-state index contributed by atoms with van der Waals surface area (Å²) in [5.41, 5.74) is 8.32. The maximum absolute atomic E-state index is 13.7. The van der Waals surface area contributed by atoms with Gasteiger partial charge in [0, 0.05) is 11.9 Å². The molecule has 0 saturated heterocycles. The number of alkyl halides is 3. The van der Waals surface area contributed by atoms with Crippen LogP contribution in [0, 0.1) is 12.7 Å². The van der Waals surface area contributed by atoms with Gasteiger partial charge in [-0.3, -0.25) is 0 Å². The van der Waals surface area contributed by atoms with Crippen molar-refractivity contribution in [3.63, 3.8) is 0 Å². The third kappa shape index (κ3) is 4.62. The number of benzene rings is 1. The lowest BCUT2D eigenvalue weighted by molar-refractivity contribution is -0.105. The molecular weight excluding hydrogens is 282 g/mol. The second kappa shape index (κ2) is 6.14. The summed E-state index contributed by atoms with van der Waals surface area (Å²) >= 11 is 0.590. The Morgan fingerprint density at radius 1 is 1.42 bits per heavy atom. The van der Waals surface area contributed by atoms with Crippen molar-refractivity contribution >= 4 is 17.6 Å². The number of aryl methyl sites for hydroxylation is 1. The van der Waals surface area contributed by atoms with Crippen LogP contribution in [0.5, 0.6) is 0 Å². The van der Waals surface area contributed by atoms with Crippen LogP contribution in [0.25, 0.3) is 0 Å². The number of hydrogen-bond acceptors (Lipinski definition) is 3. The summed E-state index contributed by atoms with van der Waals surface area (Å²) in [5, 5.41) is 3.61. The van der Waals surface area contributed by atoms with Crippen molar-refractivity contribution < 1.29 is 17.6 Å². The molecule has 0 aliphatic carbocycles. The smallest absolute Gasteiger partial charge is 0.382 e. The van der Waals surface area contributed by atoms with E-state index in [1.165, 1.54) is 20.0 Å². The summed E-state index contributed by atoms with van der Waals surface area (Å²) < 4.78 is 50.2. The third-order valence-corrected chi connectivity index (χ3v) is 3.39. The largest absolute Gasteiger partial charge is 0.398 e. The normalized spacial score (nSPS) is 12.6. The quantitative estimate of drug-likeness (QED) is 0.295. The number of rotatable bonds is 4. The van der Waals surface area contributed by atoms with Gasteiger partial charge in [-0.15, -0.1) is 11.8 Å². The lowest BCUT2D eigenvalue weighted by atomic mass is 10.1. The van der Waals surface area contributed by atoms with Gasteiger partial charge in [-0.1, -0.05) is 0 Å². The molecule has 3 nitrogen and oxygen atoms in total. The van der Waals surface area contributed by atoms with E-state index in [1.54, 1.807) is 0 Å². The van der Waals surface area contributed by atoms with Crippen LogP contribution in [0.15, 0.2) is 22.1 Å². The first-order chi connectivity index (χ1) is 8.74. The summed E-state index contributed by atoms with van der Waals surface area (Å²) in [6.07, 6.45) is -4.28. The fourth-order valence-electron chi connectivity index (χ4n) is 1.34. The van der Waals surface area contributed by atoms with Gasteiger partial charge in [-0.05, 0) is 24.6 Å². The molecule has 0 heterocycles. The molecule has 0 saturated carbocycles. The number of nitrogens with two attached hydrogens (primary N) is 1. The predicted molar refractivity (Wildman–Crippen MR) is 67.7 cm³/mol. The minimum Gasteiger partial charge on any atom is -0.382 e. The zero-order chi connectivity index (χ0) is 14.6. The fraction of sp³-hybridized carbons (Fsp3) is 0.364. The number of amidine groups is 1. The minimum atomic E-state index is -4.28. The number of nitrogens with zero attached hydrogens (tertiary/aromatic N) is 1. The molecule has 0 spiro atoms. The average Bonchev–Trinajstić information content (AvgIpc) is 2.26. The van der Waals surface area contributed by atoms with Crippen molar-refractivity contribution in [2.45, 2.75) is 18.0 Å². The summed E-state index contributed by atoms with van der Waals surface area (Å²) in [6, 6.07) is 2.42. The highest BCUT2D eigenvalue weighted by Gasteiger charge is 2.27. The summed E-state index contributed by atoms with van der Waals surface area (Å²) in [5.74, 6) is -1.78. The van der Waals surface area contributed by atoms with E-state index >= 15 is 0 Å². The third-order valence-electron chi connectivity index (χ3n) is 2.16. The molecule has 19 heavy (non-hydrogen) atoms. The van der Waals surface area contributed by atoms with Crippen LogP contribution in [-0.2, 0) is 0 Å². The average molecular weight is 295 g/mol. The molecule has 0 bridgehead atoms. The van der Waals surface area contributed by atoms with E-state index in [2.05, 4.69) is 10.5 Å². The van der Waals surface area contributed by atoms with Gasteiger partial charge in [0.2, 0.25) is 0 Å². The predicted octanol–water partition coefficient (Wildman–Crippen LogP) is 2.63. The lowest BCUT2D eigenvalue weighted by Crippen LogP contribution is -2.19. The van der Waals surface area contributed by atoms with Crippen LogP contribution in [-0.4, -0.2) is 24.8 Å². The van der Waals surface area contributed by atoms with Crippen molar-refractivity contribution in [3.05, 3.63) is 29.1 Å². The van der Waals surface area contributed by atoms with Crippen molar-refractivity contribution in [1.82, 2.24) is 5.43 Å². The molecule has 1 rings (SSSR count). The fourth-order valence-corrected chi connectivity index (χ4v) is 2.15. The standard InChI is InChI=1S/C11H13F4N3S/c1-6-3-8(12)7(10(16)18-17-2)4-9(6)19-5-11(13,14)15/h3-4,17H,5H2,1-2H3,(H2,16,18). The van der Waals surface area contributed by atoms with Crippen LogP contribution in [0.1, 0.15) is 11.1 Å². The molecule has 0 fully saturated rings.